The van der Waals surface area contributed by atoms with Crippen LogP contribution in [0, 0.1) is 5.92 Å². The average Bonchev–Trinajstić information content (AvgIpc) is 2.35. The summed E-state index contributed by atoms with van der Waals surface area (Å²) in [6.07, 6.45) is -0.382. The highest BCUT2D eigenvalue weighted by Crippen LogP contribution is 2.24. The monoisotopic (exact) mass is 266 g/mol. The Morgan fingerprint density at radius 1 is 1.32 bits per heavy atom. The fourth-order valence-corrected chi connectivity index (χ4v) is 1.41. The number of esters is 1. The van der Waals surface area contributed by atoms with Gasteiger partial charge in [0.15, 0.2) is 5.78 Å². The lowest BCUT2D eigenvalue weighted by atomic mass is 10.1. The molecule has 0 spiro atoms. The van der Waals surface area contributed by atoms with E-state index in [1.54, 1.807) is 6.07 Å². The minimum atomic E-state index is -0.589. The third-order valence-electron chi connectivity index (χ3n) is 2.39. The molecule has 0 amide bonds. The lowest BCUT2D eigenvalue weighted by molar-refractivity contribution is -0.143. The van der Waals surface area contributed by atoms with E-state index in [4.69, 9.17) is 9.47 Å². The van der Waals surface area contributed by atoms with E-state index < -0.39 is 11.8 Å². The van der Waals surface area contributed by atoms with Crippen LogP contribution in [0.15, 0.2) is 18.2 Å². The first-order chi connectivity index (χ1) is 8.93. The lowest BCUT2D eigenvalue weighted by Gasteiger charge is -2.08. The van der Waals surface area contributed by atoms with Gasteiger partial charge in [0.2, 0.25) is 0 Å². The van der Waals surface area contributed by atoms with Gasteiger partial charge in [0.05, 0.1) is 19.3 Å². The van der Waals surface area contributed by atoms with Gasteiger partial charge in [-0.3, -0.25) is 9.59 Å². The van der Waals surface area contributed by atoms with Gasteiger partial charge in [0, 0.05) is 6.07 Å². The highest BCUT2D eigenvalue weighted by molar-refractivity contribution is 6.07. The quantitative estimate of drug-likeness (QED) is 0.485. The Hall–Kier alpha value is -2.04. The summed E-state index contributed by atoms with van der Waals surface area (Å²) in [6, 6.07) is 4.30. The van der Waals surface area contributed by atoms with Crippen molar-refractivity contribution in [2.75, 3.05) is 13.7 Å². The molecule has 5 nitrogen and oxygen atoms in total. The normalized spacial score (nSPS) is 10.3. The minimum Gasteiger partial charge on any atom is -0.507 e. The van der Waals surface area contributed by atoms with Gasteiger partial charge in [-0.1, -0.05) is 13.8 Å². The molecule has 0 aliphatic carbocycles. The number of Topliss-reactive ketones (excluding diaryl/α,β-unsaturated/α-hetero) is 1. The van der Waals surface area contributed by atoms with Crippen molar-refractivity contribution in [3.63, 3.8) is 0 Å². The topological polar surface area (TPSA) is 72.8 Å². The smallest absolute Gasteiger partial charge is 0.313 e. The van der Waals surface area contributed by atoms with Crippen molar-refractivity contribution >= 4 is 11.8 Å². The van der Waals surface area contributed by atoms with Crippen molar-refractivity contribution in [2.45, 2.75) is 20.3 Å². The number of hydrogen-bond donors (Lipinski definition) is 1. The first-order valence-electron chi connectivity index (χ1n) is 6.00. The number of hydrogen-bond acceptors (Lipinski definition) is 5. The molecule has 0 atom stereocenters. The first-order valence-corrected chi connectivity index (χ1v) is 6.00. The van der Waals surface area contributed by atoms with Crippen molar-refractivity contribution in [2.24, 2.45) is 5.92 Å². The Labute approximate surface area is 112 Å². The second-order valence-electron chi connectivity index (χ2n) is 4.56. The molecule has 0 aliphatic rings. The fourth-order valence-electron chi connectivity index (χ4n) is 1.41. The summed E-state index contributed by atoms with van der Waals surface area (Å²) in [7, 11) is 1.46. The van der Waals surface area contributed by atoms with E-state index in [2.05, 4.69) is 0 Å². The second kappa shape index (κ2) is 6.78. The van der Waals surface area contributed by atoms with Gasteiger partial charge in [-0.2, -0.15) is 0 Å². The number of aromatic hydroxyl groups is 1. The molecular weight excluding hydrogens is 248 g/mol. The molecule has 0 aliphatic heterocycles. The summed E-state index contributed by atoms with van der Waals surface area (Å²) in [5.41, 5.74) is 0.0855. The maximum atomic E-state index is 11.8. The van der Waals surface area contributed by atoms with Crippen LogP contribution in [-0.4, -0.2) is 30.6 Å². The second-order valence-corrected chi connectivity index (χ2v) is 4.56. The van der Waals surface area contributed by atoms with Crippen molar-refractivity contribution in [1.29, 1.82) is 0 Å². The van der Waals surface area contributed by atoms with Crippen molar-refractivity contribution in [3.8, 4) is 11.5 Å². The van der Waals surface area contributed by atoms with Crippen LogP contribution in [0.2, 0.25) is 0 Å². The summed E-state index contributed by atoms with van der Waals surface area (Å²) >= 11 is 0. The lowest BCUT2D eigenvalue weighted by Crippen LogP contribution is -2.14. The van der Waals surface area contributed by atoms with Crippen LogP contribution in [0.5, 0.6) is 11.5 Å². The molecule has 0 saturated heterocycles. The molecule has 1 aromatic carbocycles. The van der Waals surface area contributed by atoms with Gasteiger partial charge in [0.25, 0.3) is 0 Å². The van der Waals surface area contributed by atoms with Crippen LogP contribution in [0.4, 0.5) is 0 Å². The Morgan fingerprint density at radius 3 is 2.53 bits per heavy atom. The van der Waals surface area contributed by atoms with Crippen molar-refractivity contribution < 1.29 is 24.2 Å². The molecule has 104 valence electrons. The predicted octanol–water partition coefficient (Wildman–Crippen LogP) is 2.17. The van der Waals surface area contributed by atoms with E-state index >= 15 is 0 Å². The average molecular weight is 266 g/mol. The van der Waals surface area contributed by atoms with Gasteiger partial charge in [-0.05, 0) is 18.1 Å². The van der Waals surface area contributed by atoms with Crippen LogP contribution < -0.4 is 4.74 Å². The molecule has 0 heterocycles. The summed E-state index contributed by atoms with van der Waals surface area (Å²) < 4.78 is 9.83. The largest absolute Gasteiger partial charge is 0.507 e. The van der Waals surface area contributed by atoms with Crippen LogP contribution >= 0.6 is 0 Å². The van der Waals surface area contributed by atoms with Gasteiger partial charge in [-0.25, -0.2) is 0 Å². The maximum Gasteiger partial charge on any atom is 0.313 e. The molecule has 0 bridgehead atoms. The number of phenolic OH excluding ortho intramolecular Hbond substituents is 1. The minimum absolute atomic E-state index is 0.0855. The van der Waals surface area contributed by atoms with E-state index in [1.807, 2.05) is 13.8 Å². The molecule has 5 heteroatoms. The van der Waals surface area contributed by atoms with Gasteiger partial charge < -0.3 is 14.6 Å². The molecule has 0 aromatic heterocycles. The molecule has 1 N–H and O–H groups in total. The first kappa shape index (κ1) is 15.0. The van der Waals surface area contributed by atoms with Crippen LogP contribution in [0.1, 0.15) is 30.6 Å². The third-order valence-corrected chi connectivity index (χ3v) is 2.39. The summed E-state index contributed by atoms with van der Waals surface area (Å²) in [5.74, 6) is -0.617. The molecule has 1 aromatic rings. The molecule has 1 rings (SSSR count). The van der Waals surface area contributed by atoms with E-state index in [0.717, 1.165) is 0 Å². The molecule has 0 unspecified atom stereocenters. The number of methoxy groups -OCH3 is 1. The molecule has 0 fully saturated rings. The Bertz CT molecular complexity index is 465. The van der Waals surface area contributed by atoms with Crippen LogP contribution in [-0.2, 0) is 9.53 Å². The van der Waals surface area contributed by atoms with Gasteiger partial charge in [-0.15, -0.1) is 0 Å². The predicted molar refractivity (Wildman–Crippen MR) is 69.4 cm³/mol. The van der Waals surface area contributed by atoms with Crippen LogP contribution in [0.3, 0.4) is 0 Å². The zero-order valence-corrected chi connectivity index (χ0v) is 11.3. The number of phenols is 1. The molecular formula is C14H18O5. The van der Waals surface area contributed by atoms with Gasteiger partial charge in [0.1, 0.15) is 17.9 Å². The number of rotatable bonds is 6. The Balaban J connectivity index is 2.65. The van der Waals surface area contributed by atoms with Crippen LogP contribution in [0.25, 0.3) is 0 Å². The molecule has 0 saturated carbocycles. The van der Waals surface area contributed by atoms with E-state index in [0.29, 0.717) is 5.75 Å². The number of carbonyl (C=O) groups excluding carboxylic acids is 2. The zero-order chi connectivity index (χ0) is 14.4. The SMILES string of the molecule is COc1ccc(C(=O)CC(=O)OCC(C)C)c(O)c1. The molecule has 19 heavy (non-hydrogen) atoms. The number of carbonyl (C=O) groups is 2. The Kier molecular flexibility index (Phi) is 5.36. The highest BCUT2D eigenvalue weighted by atomic mass is 16.5. The summed E-state index contributed by atoms with van der Waals surface area (Å²) in [4.78, 5) is 23.2. The van der Waals surface area contributed by atoms with E-state index in [-0.39, 0.29) is 30.3 Å². The van der Waals surface area contributed by atoms with E-state index in [9.17, 15) is 14.7 Å². The third kappa shape index (κ3) is 4.62. The zero-order valence-electron chi connectivity index (χ0n) is 11.3. The Morgan fingerprint density at radius 2 is 2.00 bits per heavy atom. The highest BCUT2D eigenvalue weighted by Gasteiger charge is 2.17. The van der Waals surface area contributed by atoms with E-state index in [1.165, 1.54) is 19.2 Å². The van der Waals surface area contributed by atoms with Crippen molar-refractivity contribution in [3.05, 3.63) is 23.8 Å². The molecule has 0 radical (unpaired) electrons. The summed E-state index contributed by atoms with van der Waals surface area (Å²) in [6.45, 7) is 4.09. The fraction of sp³-hybridized carbons (Fsp3) is 0.429. The van der Waals surface area contributed by atoms with Gasteiger partial charge >= 0.3 is 5.97 Å². The number of ketones is 1. The standard InChI is InChI=1S/C14H18O5/c1-9(2)8-19-14(17)7-13(16)11-5-4-10(18-3)6-12(11)15/h4-6,9,15H,7-8H2,1-3H3. The number of benzene rings is 1. The number of ether oxygens (including phenoxy) is 2. The summed E-state index contributed by atoms with van der Waals surface area (Å²) in [5, 5.41) is 9.67. The maximum absolute atomic E-state index is 11.8. The van der Waals surface area contributed by atoms with Crippen molar-refractivity contribution in [1.82, 2.24) is 0 Å².